The summed E-state index contributed by atoms with van der Waals surface area (Å²) in [4.78, 5) is 8.18. The third-order valence-corrected chi connectivity index (χ3v) is 10.6. The van der Waals surface area contributed by atoms with Crippen LogP contribution in [0.5, 0.6) is 0 Å². The molecule has 0 radical (unpaired) electrons. The van der Waals surface area contributed by atoms with E-state index in [4.69, 9.17) is 0 Å². The number of piperidine rings is 2. The van der Waals surface area contributed by atoms with E-state index in [-0.39, 0.29) is 22.3 Å². The zero-order valence-corrected chi connectivity index (χ0v) is 28.3. The summed E-state index contributed by atoms with van der Waals surface area (Å²) >= 11 is 0. The molecule has 5 rings (SSSR count). The van der Waals surface area contributed by atoms with Gasteiger partial charge in [0.2, 0.25) is 0 Å². The van der Waals surface area contributed by atoms with E-state index < -0.39 is 0 Å². The van der Waals surface area contributed by atoms with Crippen LogP contribution in [0.1, 0.15) is 158 Å². The summed E-state index contributed by atoms with van der Waals surface area (Å²) in [6.07, 6.45) is 8.70. The Morgan fingerprint density at radius 2 is 1.20 bits per heavy atom. The van der Waals surface area contributed by atoms with Crippen LogP contribution in [0, 0.1) is 35.0 Å². The average molecular weight is 580 g/mol. The number of likely N-dealkylation sites (tertiary alicyclic amines) is 3. The first kappa shape index (κ1) is 40.9. The highest BCUT2D eigenvalue weighted by Crippen LogP contribution is 2.52. The molecule has 0 N–H and O–H groups in total. The lowest BCUT2D eigenvalue weighted by atomic mass is 9.77. The van der Waals surface area contributed by atoms with E-state index in [1.54, 1.807) is 0 Å². The summed E-state index contributed by atoms with van der Waals surface area (Å²) in [7, 11) is 0. The monoisotopic (exact) mass is 580 g/mol. The smallest absolute Gasteiger partial charge is 0.0181 e. The largest absolute Gasteiger partial charge is 0.298 e. The van der Waals surface area contributed by atoms with E-state index in [1.165, 1.54) is 51.6 Å². The van der Waals surface area contributed by atoms with Crippen molar-refractivity contribution in [3.8, 4) is 0 Å². The summed E-state index contributed by atoms with van der Waals surface area (Å²) in [6, 6.07) is 4.93. The number of hydrogen-bond donors (Lipinski definition) is 0. The molecule has 0 spiro atoms. The lowest BCUT2D eigenvalue weighted by Crippen LogP contribution is -2.56. The van der Waals surface area contributed by atoms with E-state index >= 15 is 0 Å². The lowest BCUT2D eigenvalue weighted by Gasteiger charge is -2.49. The van der Waals surface area contributed by atoms with E-state index in [0.29, 0.717) is 11.0 Å². The SMILES string of the molecule is C.C.C.CC(C)(C)C1C2CCC(C2)N1C(C)(C)C.CC(C)[C@@H]1CCCN1C(C)C.CC(C)[C@@H]1[C@H]2C[C@H]2CN1C(C)C. The lowest BCUT2D eigenvalue weighted by molar-refractivity contribution is -0.0101. The van der Waals surface area contributed by atoms with E-state index in [2.05, 4.69) is 112 Å². The molecule has 3 aliphatic heterocycles. The molecule has 2 saturated carbocycles. The highest BCUT2D eigenvalue weighted by Gasteiger charge is 2.54. The van der Waals surface area contributed by atoms with Gasteiger partial charge in [0.05, 0.1) is 0 Å². The molecule has 2 bridgehead atoms. The van der Waals surface area contributed by atoms with Crippen molar-refractivity contribution in [2.24, 2.45) is 35.0 Å². The molecule has 3 nitrogen and oxygen atoms in total. The Bertz CT molecular complexity index is 687. The third-order valence-electron chi connectivity index (χ3n) is 10.6. The molecule has 5 aliphatic rings. The van der Waals surface area contributed by atoms with Gasteiger partial charge in [0.25, 0.3) is 0 Å². The fraction of sp³-hybridized carbons (Fsp3) is 1.00. The molecule has 248 valence electrons. The highest BCUT2D eigenvalue weighted by molar-refractivity contribution is 5.07. The number of nitrogens with zero attached hydrogens (tertiary/aromatic N) is 3. The first-order valence-corrected chi connectivity index (χ1v) is 16.7. The summed E-state index contributed by atoms with van der Waals surface area (Å²) in [5.74, 6) is 4.78. The van der Waals surface area contributed by atoms with Crippen LogP contribution in [0.15, 0.2) is 0 Å². The normalized spacial score (nSPS) is 33.1. The second-order valence-corrected chi connectivity index (χ2v) is 17.1. The maximum atomic E-state index is 2.82. The minimum Gasteiger partial charge on any atom is -0.298 e. The van der Waals surface area contributed by atoms with Crippen LogP contribution in [-0.4, -0.2) is 69.6 Å². The second-order valence-electron chi connectivity index (χ2n) is 17.1. The predicted octanol–water partition coefficient (Wildman–Crippen LogP) is 10.5. The quantitative estimate of drug-likeness (QED) is 0.328. The van der Waals surface area contributed by atoms with E-state index in [9.17, 15) is 0 Å². The van der Waals surface area contributed by atoms with Gasteiger partial charge in [0.15, 0.2) is 0 Å². The molecular weight excluding hydrogens is 498 g/mol. The van der Waals surface area contributed by atoms with Crippen LogP contribution < -0.4 is 0 Å². The van der Waals surface area contributed by atoms with Gasteiger partial charge in [-0.25, -0.2) is 0 Å². The van der Waals surface area contributed by atoms with Crippen molar-refractivity contribution in [2.45, 2.75) is 200 Å². The van der Waals surface area contributed by atoms with Gasteiger partial charge in [-0.05, 0) is 129 Å². The van der Waals surface area contributed by atoms with Crippen molar-refractivity contribution < 1.29 is 0 Å². The second kappa shape index (κ2) is 15.7. The van der Waals surface area contributed by atoms with Crippen molar-refractivity contribution in [1.29, 1.82) is 0 Å². The maximum Gasteiger partial charge on any atom is 0.0181 e. The molecule has 3 unspecified atom stereocenters. The fourth-order valence-electron chi connectivity index (χ4n) is 9.22. The topological polar surface area (TPSA) is 9.72 Å². The van der Waals surface area contributed by atoms with Crippen molar-refractivity contribution in [3.05, 3.63) is 0 Å². The van der Waals surface area contributed by atoms with Crippen molar-refractivity contribution in [3.63, 3.8) is 0 Å². The Labute approximate surface area is 262 Å². The molecule has 0 aromatic carbocycles. The zero-order chi connectivity index (χ0) is 28.7. The van der Waals surface area contributed by atoms with Crippen molar-refractivity contribution >= 4 is 0 Å². The van der Waals surface area contributed by atoms with Crippen LogP contribution in [0.4, 0.5) is 0 Å². The van der Waals surface area contributed by atoms with Crippen molar-refractivity contribution in [2.75, 3.05) is 13.1 Å². The minimum absolute atomic E-state index is 0. The third kappa shape index (κ3) is 9.68. The molecule has 3 heterocycles. The highest BCUT2D eigenvalue weighted by atomic mass is 15.3. The standard InChI is InChI=1S/C14H27N.C11H21N.C10H21N.3CH4/c1-13(2,3)12-10-7-8-11(9-10)15(12)14(4,5)6;1-7(2)11-10-5-9(10)6-12(11)8(3)4;1-8(2)10-6-5-7-11(10)9(3)4;;;/h10-12H,7-9H2,1-6H3;7-11H,5-6H2,1-4H3;8-10H,5-7H2,1-4H3;3*1H4/t;9-,10-,11+;10-;;;/m.00.../s1. The zero-order valence-electron chi connectivity index (χ0n) is 28.3. The van der Waals surface area contributed by atoms with Gasteiger partial charge in [0.1, 0.15) is 0 Å². The van der Waals surface area contributed by atoms with Gasteiger partial charge in [-0.3, -0.25) is 14.7 Å². The number of fused-ring (bicyclic) bond motifs is 3. The first-order valence-electron chi connectivity index (χ1n) is 16.7. The molecule has 5 fully saturated rings. The molecule has 7 atom stereocenters. The van der Waals surface area contributed by atoms with Crippen LogP contribution >= 0.6 is 0 Å². The molecule has 0 aromatic rings. The molecule has 41 heavy (non-hydrogen) atoms. The molecule has 3 heteroatoms. The summed E-state index contributed by atoms with van der Waals surface area (Å²) < 4.78 is 0. The fourth-order valence-corrected chi connectivity index (χ4v) is 9.22. The van der Waals surface area contributed by atoms with Crippen LogP contribution in [0.2, 0.25) is 0 Å². The van der Waals surface area contributed by atoms with E-state index in [0.717, 1.165) is 65.8 Å². The molecule has 3 saturated heterocycles. The summed E-state index contributed by atoms with van der Waals surface area (Å²) in [5, 5.41) is 0. The van der Waals surface area contributed by atoms with Gasteiger partial charge >= 0.3 is 0 Å². The van der Waals surface area contributed by atoms with Gasteiger partial charge in [-0.15, -0.1) is 0 Å². The Morgan fingerprint density at radius 3 is 1.56 bits per heavy atom. The van der Waals surface area contributed by atoms with Crippen LogP contribution in [0.25, 0.3) is 0 Å². The molecule has 0 amide bonds. The van der Waals surface area contributed by atoms with E-state index in [1.807, 2.05) is 0 Å². The Hall–Kier alpha value is -0.120. The molecule has 0 aromatic heterocycles. The Balaban J connectivity index is 0.000000572. The summed E-state index contributed by atoms with van der Waals surface area (Å²) in [6.45, 7) is 35.8. The minimum atomic E-state index is 0. The average Bonchev–Trinajstić information content (AvgIpc) is 3.28. The van der Waals surface area contributed by atoms with Gasteiger partial charge in [-0.1, -0.05) is 70.7 Å². The first-order chi connectivity index (χ1) is 17.4. The Morgan fingerprint density at radius 1 is 0.634 bits per heavy atom. The number of rotatable bonds is 4. The summed E-state index contributed by atoms with van der Waals surface area (Å²) in [5.41, 5.74) is 0.783. The Kier molecular flexibility index (Phi) is 15.7. The molecule has 2 aliphatic carbocycles. The predicted molar refractivity (Wildman–Crippen MR) is 188 cm³/mol. The van der Waals surface area contributed by atoms with Crippen molar-refractivity contribution in [1.82, 2.24) is 14.7 Å². The molecular formula is C38H81N3. The van der Waals surface area contributed by atoms with Gasteiger partial charge in [0, 0.05) is 48.3 Å². The number of hydrogen-bond acceptors (Lipinski definition) is 3. The maximum absolute atomic E-state index is 2.82. The van der Waals surface area contributed by atoms with Gasteiger partial charge in [-0.2, -0.15) is 0 Å². The van der Waals surface area contributed by atoms with Gasteiger partial charge < -0.3 is 0 Å². The van der Waals surface area contributed by atoms with Crippen LogP contribution in [-0.2, 0) is 0 Å². The van der Waals surface area contributed by atoms with Crippen LogP contribution in [0.3, 0.4) is 0 Å².